The van der Waals surface area contributed by atoms with E-state index in [-0.39, 0.29) is 44.5 Å². The molecule has 0 aromatic heterocycles. The summed E-state index contributed by atoms with van der Waals surface area (Å²) < 4.78 is 38.4. The molecule has 3 aliphatic rings. The lowest BCUT2D eigenvalue weighted by molar-refractivity contribution is -0.366. The van der Waals surface area contributed by atoms with Gasteiger partial charge in [0.15, 0.2) is 18.9 Å². The summed E-state index contributed by atoms with van der Waals surface area (Å²) in [5.41, 5.74) is 0.860. The van der Waals surface area contributed by atoms with E-state index in [1.165, 1.54) is 0 Å². The quantitative estimate of drug-likeness (QED) is 0.0492. The first kappa shape index (κ1) is 43.3. The average molecular weight is 766 g/mol. The number of esters is 1. The molecule has 1 aromatic carbocycles. The van der Waals surface area contributed by atoms with Gasteiger partial charge < -0.3 is 89.5 Å². The van der Waals surface area contributed by atoms with Gasteiger partial charge in [-0.1, -0.05) is 30.3 Å². The maximum absolute atomic E-state index is 12.4. The maximum Gasteiger partial charge on any atom is 0.306 e. The van der Waals surface area contributed by atoms with E-state index in [2.05, 4.69) is 5.32 Å². The van der Waals surface area contributed by atoms with Crippen molar-refractivity contribution < 1.29 is 93.8 Å². The van der Waals surface area contributed by atoms with Gasteiger partial charge in [0.1, 0.15) is 79.9 Å². The van der Waals surface area contributed by atoms with Gasteiger partial charge in [0, 0.05) is 19.4 Å². The Morgan fingerprint density at radius 2 is 1.21 bits per heavy atom. The smallest absolute Gasteiger partial charge is 0.306 e. The molecule has 53 heavy (non-hydrogen) atoms. The molecule has 0 unspecified atom stereocenters. The highest BCUT2D eigenvalue weighted by atomic mass is 16.7. The van der Waals surface area contributed by atoms with Crippen LogP contribution in [0.4, 0.5) is 0 Å². The first-order valence-electron chi connectivity index (χ1n) is 17.3. The third kappa shape index (κ3) is 11.8. The lowest BCUT2D eigenvalue weighted by Gasteiger charge is -2.46. The second kappa shape index (κ2) is 21.0. The standard InChI is InChI=1S/C33H51NO19/c35-12-17-22(39)25(42)27(44)31(50-17)49-15-19-24(41)30(53-33-28(45)26(43)23(40)18(13-36)51-33)29(46)32(52-19)47-11-10-34-20(37)8-4-5-9-21(38)48-14-16-6-2-1-3-7-16/h1-3,6-7,17-19,22-33,35-36,39-46H,4-5,8-15H2,(H,34,37)/t17-,18-,19-,22-,23-,24-,25+,26+,27+,28+,29-,30+,31+,32-,33-/m1/s1. The van der Waals surface area contributed by atoms with Crippen molar-refractivity contribution in [3.63, 3.8) is 0 Å². The number of aliphatic hydroxyl groups excluding tert-OH is 10. The number of rotatable bonds is 18. The highest BCUT2D eigenvalue weighted by Crippen LogP contribution is 2.31. The minimum atomic E-state index is -1.90. The van der Waals surface area contributed by atoms with E-state index in [0.29, 0.717) is 12.8 Å². The summed E-state index contributed by atoms with van der Waals surface area (Å²) >= 11 is 0. The third-order valence-corrected chi connectivity index (χ3v) is 9.04. The molecule has 20 nitrogen and oxygen atoms in total. The van der Waals surface area contributed by atoms with Crippen molar-refractivity contribution >= 4 is 11.9 Å². The summed E-state index contributed by atoms with van der Waals surface area (Å²) in [4.78, 5) is 24.3. The van der Waals surface area contributed by atoms with E-state index in [9.17, 15) is 60.7 Å². The zero-order valence-corrected chi connectivity index (χ0v) is 28.8. The molecule has 0 saturated carbocycles. The van der Waals surface area contributed by atoms with Crippen molar-refractivity contribution in [2.75, 3.05) is 33.0 Å². The Hall–Kier alpha value is -2.48. The molecule has 20 heteroatoms. The van der Waals surface area contributed by atoms with Crippen LogP contribution in [0.5, 0.6) is 0 Å². The van der Waals surface area contributed by atoms with Gasteiger partial charge in [0.2, 0.25) is 5.91 Å². The van der Waals surface area contributed by atoms with E-state index in [0.717, 1.165) is 5.56 Å². The van der Waals surface area contributed by atoms with Crippen LogP contribution in [-0.4, -0.2) is 188 Å². The van der Waals surface area contributed by atoms with Gasteiger partial charge in [-0.2, -0.15) is 0 Å². The monoisotopic (exact) mass is 765 g/mol. The molecule has 4 rings (SSSR count). The van der Waals surface area contributed by atoms with E-state index in [4.69, 9.17) is 33.2 Å². The van der Waals surface area contributed by atoms with Crippen LogP contribution in [0.25, 0.3) is 0 Å². The van der Waals surface area contributed by atoms with Gasteiger partial charge in [-0.3, -0.25) is 9.59 Å². The van der Waals surface area contributed by atoms with Gasteiger partial charge >= 0.3 is 5.97 Å². The molecule has 0 spiro atoms. The molecule has 3 fully saturated rings. The van der Waals surface area contributed by atoms with E-state index < -0.39 is 112 Å². The van der Waals surface area contributed by atoms with Gasteiger partial charge in [-0.05, 0) is 18.4 Å². The number of carbonyl (C=O) groups is 2. The highest BCUT2D eigenvalue weighted by Gasteiger charge is 2.52. The van der Waals surface area contributed by atoms with Gasteiger partial charge in [0.25, 0.3) is 0 Å². The third-order valence-electron chi connectivity index (χ3n) is 9.04. The van der Waals surface area contributed by atoms with Crippen LogP contribution in [0.15, 0.2) is 30.3 Å². The SMILES string of the molecule is O=C(CCCCC(=O)OCc1ccccc1)NCCO[C@@H]1O[C@H](CO[C@H]2O[C@H](CO)[C@@H](O)[C@H](O)[C@@H]2O)[C@@H](O)[C@H](O[C@H]2O[C@H](CO)[C@@H](O)[C@H](O)[C@@H]2O)[C@H]1O. The van der Waals surface area contributed by atoms with Crippen LogP contribution >= 0.6 is 0 Å². The van der Waals surface area contributed by atoms with Crippen LogP contribution in [-0.2, 0) is 49.4 Å². The van der Waals surface area contributed by atoms with Crippen molar-refractivity contribution in [2.24, 2.45) is 0 Å². The molecule has 0 aliphatic carbocycles. The Labute approximate surface area is 304 Å². The first-order valence-corrected chi connectivity index (χ1v) is 17.3. The predicted octanol–water partition coefficient (Wildman–Crippen LogP) is -5.13. The fourth-order valence-corrected chi connectivity index (χ4v) is 5.89. The normalized spacial score (nSPS) is 37.6. The van der Waals surface area contributed by atoms with Gasteiger partial charge in [-0.15, -0.1) is 0 Å². The summed E-state index contributed by atoms with van der Waals surface area (Å²) in [6.07, 6.45) is -24.0. The number of benzene rings is 1. The largest absolute Gasteiger partial charge is 0.461 e. The summed E-state index contributed by atoms with van der Waals surface area (Å²) in [6.45, 7) is -2.27. The summed E-state index contributed by atoms with van der Waals surface area (Å²) in [6, 6.07) is 9.20. The Balaban J connectivity index is 1.29. The van der Waals surface area contributed by atoms with Crippen LogP contribution < -0.4 is 5.32 Å². The molecule has 3 aliphatic heterocycles. The second-order valence-electron chi connectivity index (χ2n) is 12.9. The van der Waals surface area contributed by atoms with Gasteiger partial charge in [0.05, 0.1) is 26.4 Å². The van der Waals surface area contributed by atoms with Crippen LogP contribution in [0, 0.1) is 0 Å². The Bertz CT molecular complexity index is 1240. The Morgan fingerprint density at radius 3 is 1.85 bits per heavy atom. The second-order valence-corrected chi connectivity index (χ2v) is 12.9. The maximum atomic E-state index is 12.4. The van der Waals surface area contributed by atoms with Gasteiger partial charge in [-0.25, -0.2) is 0 Å². The van der Waals surface area contributed by atoms with Crippen LogP contribution in [0.2, 0.25) is 0 Å². The Kier molecular flexibility index (Phi) is 17.1. The summed E-state index contributed by atoms with van der Waals surface area (Å²) in [5.74, 6) is -0.731. The molecule has 3 saturated heterocycles. The molecule has 11 N–H and O–H groups in total. The molecular weight excluding hydrogens is 714 g/mol. The number of hydrogen-bond acceptors (Lipinski definition) is 19. The van der Waals surface area contributed by atoms with Crippen molar-refractivity contribution in [1.82, 2.24) is 5.32 Å². The predicted molar refractivity (Wildman–Crippen MR) is 173 cm³/mol. The fraction of sp³-hybridized carbons (Fsp3) is 0.758. The van der Waals surface area contributed by atoms with Crippen molar-refractivity contribution in [1.29, 1.82) is 0 Å². The number of nitrogens with one attached hydrogen (secondary N) is 1. The van der Waals surface area contributed by atoms with E-state index in [1.54, 1.807) is 0 Å². The molecule has 0 bridgehead atoms. The molecule has 0 radical (unpaired) electrons. The lowest BCUT2D eigenvalue weighted by atomic mass is 9.96. The average Bonchev–Trinajstić information content (AvgIpc) is 3.16. The number of carbonyl (C=O) groups excluding carboxylic acids is 2. The Morgan fingerprint density at radius 1 is 0.642 bits per heavy atom. The number of amides is 1. The minimum absolute atomic E-state index is 0.0582. The molecule has 15 atom stereocenters. The zero-order chi connectivity index (χ0) is 38.7. The van der Waals surface area contributed by atoms with Crippen LogP contribution in [0.1, 0.15) is 31.2 Å². The van der Waals surface area contributed by atoms with Crippen molar-refractivity contribution in [3.05, 3.63) is 35.9 Å². The number of unbranched alkanes of at least 4 members (excludes halogenated alkanes) is 1. The number of ether oxygens (including phenoxy) is 7. The molecular formula is C33H51NO19. The van der Waals surface area contributed by atoms with E-state index >= 15 is 0 Å². The molecule has 1 amide bonds. The fourth-order valence-electron chi connectivity index (χ4n) is 5.89. The zero-order valence-electron chi connectivity index (χ0n) is 28.8. The lowest BCUT2D eigenvalue weighted by Crippen LogP contribution is -2.65. The first-order chi connectivity index (χ1) is 25.4. The molecule has 1 aromatic rings. The molecule has 3 heterocycles. The number of aliphatic hydroxyl groups is 10. The number of hydrogen-bond donors (Lipinski definition) is 11. The highest BCUT2D eigenvalue weighted by molar-refractivity contribution is 5.76. The summed E-state index contributed by atoms with van der Waals surface area (Å²) in [5, 5.41) is 105. The topological polar surface area (TPSA) is 313 Å². The molecule has 302 valence electrons. The summed E-state index contributed by atoms with van der Waals surface area (Å²) in [7, 11) is 0. The van der Waals surface area contributed by atoms with Crippen LogP contribution in [0.3, 0.4) is 0 Å². The van der Waals surface area contributed by atoms with E-state index in [1.807, 2.05) is 30.3 Å². The minimum Gasteiger partial charge on any atom is -0.461 e. The van der Waals surface area contributed by atoms with Crippen molar-refractivity contribution in [2.45, 2.75) is 124 Å². The van der Waals surface area contributed by atoms with Crippen molar-refractivity contribution in [3.8, 4) is 0 Å².